The van der Waals surface area contributed by atoms with Gasteiger partial charge in [-0.1, -0.05) is 24.3 Å². The molecule has 7 nitrogen and oxygen atoms in total. The molecule has 0 spiro atoms. The van der Waals surface area contributed by atoms with Crippen LogP contribution in [0.15, 0.2) is 48.5 Å². The Labute approximate surface area is 158 Å². The fourth-order valence-electron chi connectivity index (χ4n) is 3.21. The first-order valence-corrected chi connectivity index (χ1v) is 8.81. The van der Waals surface area contributed by atoms with E-state index in [2.05, 4.69) is 15.1 Å². The molecular weight excluding hydrogens is 346 g/mol. The highest BCUT2D eigenvalue weighted by atomic mass is 16.5. The van der Waals surface area contributed by atoms with Crippen molar-refractivity contribution in [1.82, 2.24) is 4.90 Å². The first kappa shape index (κ1) is 18.7. The van der Waals surface area contributed by atoms with Gasteiger partial charge in [-0.05, 0) is 24.3 Å². The molecule has 142 valence electrons. The van der Waals surface area contributed by atoms with Gasteiger partial charge in [0.05, 0.1) is 30.6 Å². The number of para-hydroxylation sites is 3. The number of rotatable bonds is 6. The Morgan fingerprint density at radius 3 is 2.41 bits per heavy atom. The van der Waals surface area contributed by atoms with Gasteiger partial charge in [-0.2, -0.15) is 0 Å². The number of amides is 1. The van der Waals surface area contributed by atoms with E-state index in [-0.39, 0.29) is 18.0 Å². The van der Waals surface area contributed by atoms with Crippen LogP contribution >= 0.6 is 0 Å². The van der Waals surface area contributed by atoms with E-state index in [0.717, 1.165) is 37.6 Å². The molecule has 1 aliphatic heterocycles. The Balaban J connectivity index is 1.55. The van der Waals surface area contributed by atoms with E-state index in [1.807, 2.05) is 24.3 Å². The average molecular weight is 369 g/mol. The van der Waals surface area contributed by atoms with Crippen LogP contribution < -0.4 is 15.0 Å². The van der Waals surface area contributed by atoms with Gasteiger partial charge in [0, 0.05) is 26.2 Å². The van der Waals surface area contributed by atoms with Gasteiger partial charge in [0.25, 0.3) is 0 Å². The molecule has 2 N–H and O–H groups in total. The van der Waals surface area contributed by atoms with Gasteiger partial charge in [-0.25, -0.2) is 4.79 Å². The largest absolute Gasteiger partial charge is 0.495 e. The van der Waals surface area contributed by atoms with E-state index in [9.17, 15) is 14.7 Å². The van der Waals surface area contributed by atoms with Gasteiger partial charge in [0.2, 0.25) is 5.91 Å². The van der Waals surface area contributed by atoms with E-state index in [0.29, 0.717) is 5.69 Å². The Morgan fingerprint density at radius 2 is 1.70 bits per heavy atom. The lowest BCUT2D eigenvalue weighted by Crippen LogP contribution is -2.48. The molecule has 0 radical (unpaired) electrons. The summed E-state index contributed by atoms with van der Waals surface area (Å²) in [6, 6.07) is 14.3. The van der Waals surface area contributed by atoms with Gasteiger partial charge >= 0.3 is 5.97 Å². The molecule has 0 aromatic heterocycles. The highest BCUT2D eigenvalue weighted by Crippen LogP contribution is 2.28. The third kappa shape index (κ3) is 4.57. The molecule has 27 heavy (non-hydrogen) atoms. The summed E-state index contributed by atoms with van der Waals surface area (Å²) in [4.78, 5) is 27.9. The molecule has 0 aliphatic carbocycles. The molecular formula is C20H23N3O4. The smallest absolute Gasteiger partial charge is 0.337 e. The Kier molecular flexibility index (Phi) is 5.93. The van der Waals surface area contributed by atoms with Gasteiger partial charge < -0.3 is 20.1 Å². The molecule has 1 aliphatic rings. The summed E-state index contributed by atoms with van der Waals surface area (Å²) in [5, 5.41) is 11.9. The van der Waals surface area contributed by atoms with Crippen molar-refractivity contribution in [3.05, 3.63) is 54.1 Å². The molecule has 3 rings (SSSR count). The highest BCUT2D eigenvalue weighted by Gasteiger charge is 2.21. The third-order valence-electron chi connectivity index (χ3n) is 4.60. The Morgan fingerprint density at radius 1 is 1.04 bits per heavy atom. The minimum Gasteiger partial charge on any atom is -0.495 e. The normalized spacial score (nSPS) is 14.6. The van der Waals surface area contributed by atoms with Crippen LogP contribution in [0.1, 0.15) is 10.4 Å². The summed E-state index contributed by atoms with van der Waals surface area (Å²) >= 11 is 0. The SMILES string of the molecule is COc1ccccc1N1CCN(CC(=O)Nc2ccccc2C(=O)O)CC1. The van der Waals surface area contributed by atoms with Crippen molar-refractivity contribution in [2.75, 3.05) is 50.1 Å². The van der Waals surface area contributed by atoms with E-state index >= 15 is 0 Å². The van der Waals surface area contributed by atoms with Crippen molar-refractivity contribution in [2.45, 2.75) is 0 Å². The standard InChI is InChI=1S/C20H23N3O4/c1-27-18-9-5-4-8-17(18)23-12-10-22(11-13-23)14-19(24)21-16-7-3-2-6-15(16)20(25)26/h2-9H,10-14H2,1H3,(H,21,24)(H,25,26). The van der Waals surface area contributed by atoms with Gasteiger partial charge in [0.1, 0.15) is 5.75 Å². The molecule has 2 aromatic rings. The van der Waals surface area contributed by atoms with Crippen LogP contribution in [0.3, 0.4) is 0 Å². The van der Waals surface area contributed by atoms with Crippen molar-refractivity contribution in [2.24, 2.45) is 0 Å². The summed E-state index contributed by atoms with van der Waals surface area (Å²) < 4.78 is 5.42. The van der Waals surface area contributed by atoms with Crippen molar-refractivity contribution >= 4 is 23.3 Å². The molecule has 1 saturated heterocycles. The van der Waals surface area contributed by atoms with Crippen molar-refractivity contribution in [3.63, 3.8) is 0 Å². The first-order chi connectivity index (χ1) is 13.1. The summed E-state index contributed by atoms with van der Waals surface area (Å²) in [5.41, 5.74) is 1.47. The van der Waals surface area contributed by atoms with E-state index in [1.54, 1.807) is 25.3 Å². The second-order valence-electron chi connectivity index (χ2n) is 6.33. The van der Waals surface area contributed by atoms with Crippen LogP contribution in [0.25, 0.3) is 0 Å². The number of hydrogen-bond donors (Lipinski definition) is 2. The maximum Gasteiger partial charge on any atom is 0.337 e. The third-order valence-corrected chi connectivity index (χ3v) is 4.60. The van der Waals surface area contributed by atoms with Crippen LogP contribution in [0.5, 0.6) is 5.75 Å². The lowest BCUT2D eigenvalue weighted by atomic mass is 10.2. The predicted octanol–water partition coefficient (Wildman–Crippen LogP) is 2.15. The quantitative estimate of drug-likeness (QED) is 0.812. The summed E-state index contributed by atoms with van der Waals surface area (Å²) in [5.74, 6) is -0.431. The summed E-state index contributed by atoms with van der Waals surface area (Å²) in [7, 11) is 1.66. The first-order valence-electron chi connectivity index (χ1n) is 8.81. The maximum atomic E-state index is 12.3. The summed E-state index contributed by atoms with van der Waals surface area (Å²) in [6.07, 6.45) is 0. The number of carboxylic acids is 1. The van der Waals surface area contributed by atoms with Gasteiger partial charge in [0.15, 0.2) is 0 Å². The van der Waals surface area contributed by atoms with Gasteiger partial charge in [-0.3, -0.25) is 9.69 Å². The molecule has 0 bridgehead atoms. The highest BCUT2D eigenvalue weighted by molar-refractivity contribution is 6.01. The Bertz CT molecular complexity index is 816. The van der Waals surface area contributed by atoms with Crippen molar-refractivity contribution in [3.8, 4) is 5.75 Å². The number of nitrogens with zero attached hydrogens (tertiary/aromatic N) is 2. The molecule has 0 unspecified atom stereocenters. The lowest BCUT2D eigenvalue weighted by Gasteiger charge is -2.36. The molecule has 0 saturated carbocycles. The number of nitrogens with one attached hydrogen (secondary N) is 1. The fourth-order valence-corrected chi connectivity index (χ4v) is 3.21. The zero-order valence-electron chi connectivity index (χ0n) is 15.2. The van der Waals surface area contributed by atoms with E-state index < -0.39 is 5.97 Å². The maximum absolute atomic E-state index is 12.3. The molecule has 1 amide bonds. The number of ether oxygens (including phenoxy) is 1. The molecule has 2 aromatic carbocycles. The van der Waals surface area contributed by atoms with Gasteiger partial charge in [-0.15, -0.1) is 0 Å². The monoisotopic (exact) mass is 369 g/mol. The van der Waals surface area contributed by atoms with Crippen LogP contribution in [0, 0.1) is 0 Å². The van der Waals surface area contributed by atoms with Crippen molar-refractivity contribution < 1.29 is 19.4 Å². The minimum absolute atomic E-state index is 0.0897. The zero-order valence-corrected chi connectivity index (χ0v) is 15.2. The molecule has 1 fully saturated rings. The Hall–Kier alpha value is -3.06. The molecule has 7 heteroatoms. The van der Waals surface area contributed by atoms with Crippen LogP contribution in [-0.2, 0) is 4.79 Å². The molecule has 1 heterocycles. The topological polar surface area (TPSA) is 82.1 Å². The van der Waals surface area contributed by atoms with E-state index in [1.165, 1.54) is 6.07 Å². The second kappa shape index (κ2) is 8.55. The number of carbonyl (C=O) groups excluding carboxylic acids is 1. The lowest BCUT2D eigenvalue weighted by molar-refractivity contribution is -0.117. The number of carboxylic acid groups (broad SMARTS) is 1. The van der Waals surface area contributed by atoms with E-state index in [4.69, 9.17) is 4.74 Å². The average Bonchev–Trinajstić information content (AvgIpc) is 2.68. The van der Waals surface area contributed by atoms with Crippen LogP contribution in [-0.4, -0.2) is 61.7 Å². The fraction of sp³-hybridized carbons (Fsp3) is 0.300. The van der Waals surface area contributed by atoms with Crippen LogP contribution in [0.2, 0.25) is 0 Å². The number of aromatic carboxylic acids is 1. The number of hydrogen-bond acceptors (Lipinski definition) is 5. The zero-order chi connectivity index (χ0) is 19.2. The number of anilines is 2. The number of benzene rings is 2. The number of carbonyl (C=O) groups is 2. The molecule has 0 atom stereocenters. The van der Waals surface area contributed by atoms with Crippen molar-refractivity contribution in [1.29, 1.82) is 0 Å². The second-order valence-corrected chi connectivity index (χ2v) is 6.33. The number of piperazine rings is 1. The summed E-state index contributed by atoms with van der Waals surface area (Å²) in [6.45, 7) is 3.30. The predicted molar refractivity (Wildman–Crippen MR) is 104 cm³/mol. The number of methoxy groups -OCH3 is 1. The minimum atomic E-state index is -1.06. The van der Waals surface area contributed by atoms with Crippen LogP contribution in [0.4, 0.5) is 11.4 Å².